The van der Waals surface area contributed by atoms with Crippen molar-refractivity contribution < 1.29 is 31.1 Å². The zero-order chi connectivity index (χ0) is 20.2. The van der Waals surface area contributed by atoms with Crippen molar-refractivity contribution in [2.75, 3.05) is 0 Å². The standard InChI is InChI=1S/C17H12F6N2OS/c18-11-3-1-2-9(6-11)15(16(26)25-14(27)8-13(19)20)12-7-10(4-5-24-12)17(21,22)23/h1-7,13,15H,8H2,(H,25,26,27). The van der Waals surface area contributed by atoms with Gasteiger partial charge >= 0.3 is 6.18 Å². The average molecular weight is 406 g/mol. The Hall–Kier alpha value is -2.49. The topological polar surface area (TPSA) is 42.0 Å². The van der Waals surface area contributed by atoms with Crippen LogP contribution in [0.1, 0.15) is 29.2 Å². The number of alkyl halides is 5. The Labute approximate surface area is 155 Å². The Morgan fingerprint density at radius 1 is 1.19 bits per heavy atom. The highest BCUT2D eigenvalue weighted by atomic mass is 32.1. The molecule has 0 aliphatic rings. The first kappa shape index (κ1) is 20.8. The molecule has 2 rings (SSSR count). The van der Waals surface area contributed by atoms with Crippen LogP contribution in [0.2, 0.25) is 0 Å². The van der Waals surface area contributed by atoms with Gasteiger partial charge < -0.3 is 5.32 Å². The largest absolute Gasteiger partial charge is 0.416 e. The lowest BCUT2D eigenvalue weighted by Gasteiger charge is -2.18. The van der Waals surface area contributed by atoms with Crippen molar-refractivity contribution in [2.45, 2.75) is 24.9 Å². The van der Waals surface area contributed by atoms with E-state index in [4.69, 9.17) is 0 Å². The predicted molar refractivity (Wildman–Crippen MR) is 88.8 cm³/mol. The van der Waals surface area contributed by atoms with E-state index in [1.54, 1.807) is 0 Å². The minimum atomic E-state index is -4.69. The van der Waals surface area contributed by atoms with E-state index < -0.39 is 47.2 Å². The Morgan fingerprint density at radius 2 is 1.89 bits per heavy atom. The van der Waals surface area contributed by atoms with Crippen LogP contribution in [-0.2, 0) is 11.0 Å². The van der Waals surface area contributed by atoms with Crippen LogP contribution >= 0.6 is 12.2 Å². The van der Waals surface area contributed by atoms with Crippen LogP contribution in [0.15, 0.2) is 42.6 Å². The molecule has 2 aromatic rings. The summed E-state index contributed by atoms with van der Waals surface area (Å²) in [5.74, 6) is -3.19. The molecule has 1 N–H and O–H groups in total. The van der Waals surface area contributed by atoms with E-state index in [9.17, 15) is 31.1 Å². The number of hydrogen-bond acceptors (Lipinski definition) is 3. The van der Waals surface area contributed by atoms with Crippen molar-refractivity contribution in [1.82, 2.24) is 10.3 Å². The molecule has 0 spiro atoms. The first-order valence-corrected chi connectivity index (χ1v) is 7.89. The molecule has 0 aliphatic carbocycles. The Morgan fingerprint density at radius 3 is 2.48 bits per heavy atom. The van der Waals surface area contributed by atoms with Gasteiger partial charge in [0.15, 0.2) is 0 Å². The summed E-state index contributed by atoms with van der Waals surface area (Å²) in [4.78, 5) is 15.8. The van der Waals surface area contributed by atoms with Gasteiger partial charge in [0.25, 0.3) is 0 Å². The Kier molecular flexibility index (Phi) is 6.53. The second-order valence-electron chi connectivity index (χ2n) is 5.46. The lowest BCUT2D eigenvalue weighted by Crippen LogP contribution is -2.35. The van der Waals surface area contributed by atoms with E-state index in [1.807, 2.05) is 0 Å². The number of rotatable bonds is 5. The summed E-state index contributed by atoms with van der Waals surface area (Å²) < 4.78 is 77.2. The summed E-state index contributed by atoms with van der Waals surface area (Å²) in [5, 5.41) is 2.05. The molecular weight excluding hydrogens is 394 g/mol. The highest BCUT2D eigenvalue weighted by Crippen LogP contribution is 2.32. The van der Waals surface area contributed by atoms with Crippen LogP contribution in [0.4, 0.5) is 26.3 Å². The molecule has 0 radical (unpaired) electrons. The first-order valence-electron chi connectivity index (χ1n) is 7.48. The van der Waals surface area contributed by atoms with Gasteiger partial charge in [-0.2, -0.15) is 13.2 Å². The lowest BCUT2D eigenvalue weighted by atomic mass is 9.93. The normalized spacial score (nSPS) is 12.7. The summed E-state index contributed by atoms with van der Waals surface area (Å²) >= 11 is 4.65. The van der Waals surface area contributed by atoms with Crippen LogP contribution in [0, 0.1) is 5.82 Å². The van der Waals surface area contributed by atoms with Gasteiger partial charge in [-0.15, -0.1) is 0 Å². The fourth-order valence-corrected chi connectivity index (χ4v) is 2.55. The molecule has 0 fully saturated rings. The van der Waals surface area contributed by atoms with Crippen molar-refractivity contribution in [3.05, 3.63) is 65.2 Å². The third-order valence-corrected chi connectivity index (χ3v) is 3.72. The minimum Gasteiger partial charge on any atom is -0.319 e. The lowest BCUT2D eigenvalue weighted by molar-refractivity contribution is -0.137. The zero-order valence-corrected chi connectivity index (χ0v) is 14.3. The van der Waals surface area contributed by atoms with E-state index in [0.717, 1.165) is 18.3 Å². The van der Waals surface area contributed by atoms with Gasteiger partial charge in [0.05, 0.1) is 22.7 Å². The monoisotopic (exact) mass is 406 g/mol. The molecule has 144 valence electrons. The van der Waals surface area contributed by atoms with Gasteiger partial charge in [0.2, 0.25) is 12.3 Å². The second kappa shape index (κ2) is 8.47. The highest BCUT2D eigenvalue weighted by molar-refractivity contribution is 7.80. The molecule has 1 aromatic carbocycles. The van der Waals surface area contributed by atoms with Crippen LogP contribution in [0.25, 0.3) is 0 Å². The number of pyridine rings is 1. The summed E-state index contributed by atoms with van der Waals surface area (Å²) in [7, 11) is 0. The molecule has 3 nitrogen and oxygen atoms in total. The van der Waals surface area contributed by atoms with Gasteiger partial charge in [-0.25, -0.2) is 13.2 Å². The Bertz CT molecular complexity index is 840. The molecule has 0 saturated carbocycles. The third-order valence-electron chi connectivity index (χ3n) is 3.45. The number of carbonyl (C=O) groups excluding carboxylic acids is 1. The summed E-state index contributed by atoms with van der Waals surface area (Å²) in [6.07, 6.45) is -7.54. The van der Waals surface area contributed by atoms with Crippen molar-refractivity contribution in [3.63, 3.8) is 0 Å². The number of hydrogen-bond donors (Lipinski definition) is 1. The molecule has 0 aliphatic heterocycles. The number of aromatic nitrogens is 1. The molecule has 0 saturated heterocycles. The van der Waals surface area contributed by atoms with Crippen molar-refractivity contribution in [1.29, 1.82) is 0 Å². The van der Waals surface area contributed by atoms with Gasteiger partial charge in [-0.1, -0.05) is 24.4 Å². The van der Waals surface area contributed by atoms with Gasteiger partial charge in [0, 0.05) is 6.20 Å². The molecule has 1 heterocycles. The SMILES string of the molecule is O=C(NC(=S)CC(F)F)C(c1cccc(F)c1)c1cc(C(F)(F)F)ccn1. The van der Waals surface area contributed by atoms with E-state index in [0.29, 0.717) is 12.1 Å². The number of benzene rings is 1. The number of thiocarbonyl (C=S) groups is 1. The molecular formula is C17H12F6N2OS. The van der Waals surface area contributed by atoms with Gasteiger partial charge in [-0.3, -0.25) is 9.78 Å². The zero-order valence-electron chi connectivity index (χ0n) is 13.4. The number of carbonyl (C=O) groups is 1. The fourth-order valence-electron chi connectivity index (χ4n) is 2.33. The van der Waals surface area contributed by atoms with Crippen molar-refractivity contribution in [3.8, 4) is 0 Å². The molecule has 1 amide bonds. The van der Waals surface area contributed by atoms with Crippen molar-refractivity contribution in [2.24, 2.45) is 0 Å². The maximum atomic E-state index is 13.6. The average Bonchev–Trinajstić information content (AvgIpc) is 2.53. The minimum absolute atomic E-state index is 0.000767. The van der Waals surface area contributed by atoms with Crippen molar-refractivity contribution >= 4 is 23.1 Å². The van der Waals surface area contributed by atoms with Gasteiger partial charge in [-0.05, 0) is 29.8 Å². The fraction of sp³-hybridized carbons (Fsp3) is 0.235. The van der Waals surface area contributed by atoms with E-state index >= 15 is 0 Å². The second-order valence-corrected chi connectivity index (χ2v) is 5.96. The Balaban J connectivity index is 2.45. The van der Waals surface area contributed by atoms with Crippen LogP contribution in [-0.4, -0.2) is 22.3 Å². The van der Waals surface area contributed by atoms with E-state index in [2.05, 4.69) is 22.5 Å². The molecule has 1 atom stereocenters. The molecule has 10 heteroatoms. The van der Waals surface area contributed by atoms with Gasteiger partial charge in [0.1, 0.15) is 11.7 Å². The molecule has 1 unspecified atom stereocenters. The number of halogens is 6. The number of nitrogens with one attached hydrogen (secondary N) is 1. The van der Waals surface area contributed by atoms with E-state index in [-0.39, 0.29) is 11.3 Å². The first-order chi connectivity index (χ1) is 12.6. The smallest absolute Gasteiger partial charge is 0.319 e. The number of nitrogens with zero attached hydrogens (tertiary/aromatic N) is 1. The third kappa shape index (κ3) is 5.75. The van der Waals surface area contributed by atoms with Crippen LogP contribution in [0.5, 0.6) is 0 Å². The molecule has 0 bridgehead atoms. The summed E-state index contributed by atoms with van der Waals surface area (Å²) in [5.41, 5.74) is -1.39. The van der Waals surface area contributed by atoms with E-state index in [1.165, 1.54) is 12.1 Å². The van der Waals surface area contributed by atoms with Crippen LogP contribution in [0.3, 0.4) is 0 Å². The highest BCUT2D eigenvalue weighted by Gasteiger charge is 2.33. The number of amides is 1. The maximum absolute atomic E-state index is 13.6. The summed E-state index contributed by atoms with van der Waals surface area (Å²) in [6.45, 7) is 0. The quantitative estimate of drug-likeness (QED) is 0.589. The maximum Gasteiger partial charge on any atom is 0.416 e. The predicted octanol–water partition coefficient (Wildman–Crippen LogP) is 4.47. The molecule has 1 aromatic heterocycles. The van der Waals surface area contributed by atoms with Crippen LogP contribution < -0.4 is 5.32 Å². The molecule has 27 heavy (non-hydrogen) atoms. The summed E-state index contributed by atoms with van der Waals surface area (Å²) in [6, 6.07) is 5.96.